The van der Waals surface area contributed by atoms with E-state index in [1.807, 2.05) is 18.2 Å². The monoisotopic (exact) mass is 347 g/mol. The number of ether oxygens (including phenoxy) is 1. The fourth-order valence-electron chi connectivity index (χ4n) is 3.53. The van der Waals surface area contributed by atoms with Gasteiger partial charge in [-0.25, -0.2) is 0 Å². The fraction of sp³-hybridized carbons (Fsp3) is 0.412. The molecule has 0 radical (unpaired) electrons. The van der Waals surface area contributed by atoms with Crippen molar-refractivity contribution in [2.45, 2.75) is 31.3 Å². The molecular weight excluding hydrogens is 330 g/mol. The number of benzene rings is 1. The highest BCUT2D eigenvalue weighted by molar-refractivity contribution is 6.31. The Kier molecular flexibility index (Phi) is 3.64. The van der Waals surface area contributed by atoms with Crippen molar-refractivity contribution in [3.8, 4) is 5.75 Å². The van der Waals surface area contributed by atoms with Crippen LogP contribution in [0.15, 0.2) is 28.8 Å². The van der Waals surface area contributed by atoms with Crippen molar-refractivity contribution in [1.82, 2.24) is 5.16 Å². The number of nitrogens with zero attached hydrogens (tertiary/aromatic N) is 2. The quantitative estimate of drug-likeness (QED) is 0.903. The molecule has 2 aliphatic heterocycles. The minimum Gasteiger partial charge on any atom is -0.487 e. The second kappa shape index (κ2) is 5.70. The van der Waals surface area contributed by atoms with Crippen molar-refractivity contribution < 1.29 is 14.1 Å². The normalized spacial score (nSPS) is 19.0. The van der Waals surface area contributed by atoms with Crippen molar-refractivity contribution in [3.63, 3.8) is 0 Å². The molecule has 1 spiro atoms. The van der Waals surface area contributed by atoms with Gasteiger partial charge in [0.25, 0.3) is 5.91 Å². The molecule has 1 amide bonds. The first-order valence-electron chi connectivity index (χ1n) is 8.04. The van der Waals surface area contributed by atoms with Crippen molar-refractivity contribution in [2.75, 3.05) is 18.0 Å². The number of hydrogen-bond donors (Lipinski definition) is 1. The Hall–Kier alpha value is -2.21. The van der Waals surface area contributed by atoms with Crippen LogP contribution in [0.4, 0.5) is 5.88 Å². The van der Waals surface area contributed by atoms with E-state index in [1.54, 1.807) is 6.07 Å². The zero-order chi connectivity index (χ0) is 16.7. The van der Waals surface area contributed by atoms with Crippen molar-refractivity contribution >= 4 is 23.4 Å². The lowest BCUT2D eigenvalue weighted by Gasteiger charge is -2.44. The average molecular weight is 348 g/mol. The van der Waals surface area contributed by atoms with E-state index in [9.17, 15) is 4.79 Å². The molecule has 1 aromatic heterocycles. The standard InChI is InChI=1S/C17H18ClN3O3/c18-12-2-1-3-14-11(12)4-5-17(23-14)6-8-21(9-7-17)15-10-13(16(19)22)20-24-15/h1-3,10H,4-9H2,(H2,19,22). The van der Waals surface area contributed by atoms with E-state index in [0.717, 1.165) is 55.1 Å². The van der Waals surface area contributed by atoms with E-state index in [1.165, 1.54) is 0 Å². The lowest BCUT2D eigenvalue weighted by atomic mass is 9.83. The van der Waals surface area contributed by atoms with Gasteiger partial charge in [0.2, 0.25) is 5.88 Å². The predicted molar refractivity (Wildman–Crippen MR) is 89.6 cm³/mol. The molecule has 7 heteroatoms. The maximum absolute atomic E-state index is 11.1. The number of carbonyl (C=O) groups excluding carboxylic acids is 1. The van der Waals surface area contributed by atoms with Crippen molar-refractivity contribution in [1.29, 1.82) is 0 Å². The molecule has 1 aromatic carbocycles. The van der Waals surface area contributed by atoms with Gasteiger partial charge < -0.3 is 19.9 Å². The van der Waals surface area contributed by atoms with Gasteiger partial charge in [-0.1, -0.05) is 22.8 Å². The van der Waals surface area contributed by atoms with Crippen LogP contribution in [0.25, 0.3) is 0 Å². The number of hydrogen-bond acceptors (Lipinski definition) is 5. The second-order valence-electron chi connectivity index (χ2n) is 6.40. The Morgan fingerprint density at radius 3 is 2.79 bits per heavy atom. The Bertz CT molecular complexity index is 781. The number of carbonyl (C=O) groups is 1. The Labute approximate surface area is 144 Å². The van der Waals surface area contributed by atoms with Crippen LogP contribution in [-0.2, 0) is 6.42 Å². The van der Waals surface area contributed by atoms with Gasteiger partial charge in [-0.15, -0.1) is 0 Å². The molecular formula is C17H18ClN3O3. The third-order valence-corrected chi connectivity index (χ3v) is 5.32. The summed E-state index contributed by atoms with van der Waals surface area (Å²) in [6.45, 7) is 1.56. The number of piperidine rings is 1. The zero-order valence-corrected chi connectivity index (χ0v) is 13.9. The Balaban J connectivity index is 1.47. The highest BCUT2D eigenvalue weighted by Crippen LogP contribution is 2.42. The molecule has 6 nitrogen and oxygen atoms in total. The lowest BCUT2D eigenvalue weighted by Crippen LogP contribution is -2.49. The molecule has 0 atom stereocenters. The summed E-state index contributed by atoms with van der Waals surface area (Å²) < 4.78 is 11.6. The van der Waals surface area contributed by atoms with Crippen LogP contribution < -0.4 is 15.4 Å². The molecule has 126 valence electrons. The summed E-state index contributed by atoms with van der Waals surface area (Å²) in [5.74, 6) is 0.901. The summed E-state index contributed by atoms with van der Waals surface area (Å²) in [5, 5.41) is 4.48. The van der Waals surface area contributed by atoms with Crippen LogP contribution >= 0.6 is 11.6 Å². The predicted octanol–water partition coefficient (Wildman–Crippen LogP) is 2.79. The van der Waals surface area contributed by atoms with Crippen LogP contribution in [0.2, 0.25) is 5.02 Å². The van der Waals surface area contributed by atoms with E-state index < -0.39 is 5.91 Å². The molecule has 0 bridgehead atoms. The molecule has 1 fully saturated rings. The van der Waals surface area contributed by atoms with Gasteiger partial charge in [-0.05, 0) is 25.0 Å². The third kappa shape index (κ3) is 2.60. The lowest BCUT2D eigenvalue weighted by molar-refractivity contribution is 0.0219. The minimum absolute atomic E-state index is 0.152. The second-order valence-corrected chi connectivity index (χ2v) is 6.81. The van der Waals surface area contributed by atoms with Gasteiger partial charge in [0.1, 0.15) is 11.4 Å². The maximum atomic E-state index is 11.1. The van der Waals surface area contributed by atoms with Crippen LogP contribution in [-0.4, -0.2) is 29.8 Å². The molecule has 4 rings (SSSR count). The molecule has 24 heavy (non-hydrogen) atoms. The van der Waals surface area contributed by atoms with E-state index in [4.69, 9.17) is 26.6 Å². The number of aromatic nitrogens is 1. The summed E-state index contributed by atoms with van der Waals surface area (Å²) in [5.41, 5.74) is 6.32. The number of primary amides is 1. The smallest absolute Gasteiger partial charge is 0.270 e. The Morgan fingerprint density at radius 1 is 1.29 bits per heavy atom. The molecule has 3 heterocycles. The number of amides is 1. The summed E-state index contributed by atoms with van der Waals surface area (Å²) in [6, 6.07) is 7.42. The van der Waals surface area contributed by atoms with Crippen molar-refractivity contribution in [2.24, 2.45) is 5.73 Å². The molecule has 0 unspecified atom stereocenters. The Morgan fingerprint density at radius 2 is 2.08 bits per heavy atom. The van der Waals surface area contributed by atoms with Crippen molar-refractivity contribution in [3.05, 3.63) is 40.5 Å². The largest absolute Gasteiger partial charge is 0.487 e. The van der Waals surface area contributed by atoms with Crippen LogP contribution in [0.1, 0.15) is 35.3 Å². The fourth-order valence-corrected chi connectivity index (χ4v) is 3.79. The first-order valence-corrected chi connectivity index (χ1v) is 8.42. The topological polar surface area (TPSA) is 81.6 Å². The molecule has 2 aliphatic rings. The van der Waals surface area contributed by atoms with E-state index >= 15 is 0 Å². The molecule has 0 saturated carbocycles. The molecule has 1 saturated heterocycles. The third-order valence-electron chi connectivity index (χ3n) is 4.97. The summed E-state index contributed by atoms with van der Waals surface area (Å²) in [6.07, 6.45) is 3.65. The number of fused-ring (bicyclic) bond motifs is 1. The maximum Gasteiger partial charge on any atom is 0.270 e. The van der Waals surface area contributed by atoms with Crippen LogP contribution in [0.3, 0.4) is 0 Å². The number of nitrogens with two attached hydrogens (primary N) is 1. The molecule has 2 aromatic rings. The van der Waals surface area contributed by atoms with E-state index in [-0.39, 0.29) is 11.3 Å². The SMILES string of the molecule is NC(=O)c1cc(N2CCC3(CCc4c(Cl)cccc4O3)CC2)on1. The van der Waals surface area contributed by atoms with Gasteiger partial charge in [0.15, 0.2) is 5.69 Å². The first kappa shape index (κ1) is 15.3. The number of anilines is 1. The van der Waals surface area contributed by atoms with Gasteiger partial charge in [0.05, 0.1) is 0 Å². The molecule has 2 N–H and O–H groups in total. The van der Waals surface area contributed by atoms with Gasteiger partial charge >= 0.3 is 0 Å². The first-order chi connectivity index (χ1) is 11.6. The molecule has 0 aliphatic carbocycles. The van der Waals surface area contributed by atoms with Gasteiger partial charge in [-0.3, -0.25) is 4.79 Å². The van der Waals surface area contributed by atoms with E-state index in [0.29, 0.717) is 5.88 Å². The number of rotatable bonds is 2. The van der Waals surface area contributed by atoms with Gasteiger partial charge in [-0.2, -0.15) is 0 Å². The zero-order valence-electron chi connectivity index (χ0n) is 13.1. The highest BCUT2D eigenvalue weighted by Gasteiger charge is 2.40. The number of halogens is 1. The van der Waals surface area contributed by atoms with Crippen LogP contribution in [0, 0.1) is 0 Å². The average Bonchev–Trinajstić information content (AvgIpc) is 3.06. The van der Waals surface area contributed by atoms with Gasteiger partial charge in [0, 0.05) is 42.6 Å². The summed E-state index contributed by atoms with van der Waals surface area (Å²) in [4.78, 5) is 13.2. The van der Waals surface area contributed by atoms with E-state index in [2.05, 4.69) is 10.1 Å². The van der Waals surface area contributed by atoms with Crippen LogP contribution in [0.5, 0.6) is 5.75 Å². The summed E-state index contributed by atoms with van der Waals surface area (Å²) >= 11 is 6.26. The minimum atomic E-state index is -0.581. The summed E-state index contributed by atoms with van der Waals surface area (Å²) in [7, 11) is 0. The highest BCUT2D eigenvalue weighted by atomic mass is 35.5.